The second-order valence-corrected chi connectivity index (χ2v) is 2.98. The van der Waals surface area contributed by atoms with Gasteiger partial charge < -0.3 is 9.53 Å². The van der Waals surface area contributed by atoms with Gasteiger partial charge in [0, 0.05) is 6.42 Å². The number of aldehydes is 1. The third-order valence-corrected chi connectivity index (χ3v) is 2.07. The summed E-state index contributed by atoms with van der Waals surface area (Å²) in [7, 11) is 0. The molecule has 0 bridgehead atoms. The summed E-state index contributed by atoms with van der Waals surface area (Å²) in [5.41, 5.74) is 1.90. The van der Waals surface area contributed by atoms with E-state index in [2.05, 4.69) is 0 Å². The van der Waals surface area contributed by atoms with Crippen LogP contribution in [0.5, 0.6) is 0 Å². The summed E-state index contributed by atoms with van der Waals surface area (Å²) < 4.78 is 4.84. The Morgan fingerprint density at radius 3 is 2.64 bits per heavy atom. The highest BCUT2D eigenvalue weighted by molar-refractivity contribution is 5.52. The minimum absolute atomic E-state index is 0.198. The predicted molar refractivity (Wildman–Crippen MR) is 51.8 cm³/mol. The lowest BCUT2D eigenvalue weighted by Gasteiger charge is -2.14. The van der Waals surface area contributed by atoms with Crippen molar-refractivity contribution in [2.45, 2.75) is 19.4 Å². The molecule has 1 unspecified atom stereocenters. The molecule has 0 saturated heterocycles. The molecule has 3 heteroatoms. The quantitative estimate of drug-likeness (QED) is 0.668. The molecule has 0 aliphatic carbocycles. The molecule has 74 valence electrons. The van der Waals surface area contributed by atoms with Crippen molar-refractivity contribution in [1.82, 2.24) is 0 Å². The van der Waals surface area contributed by atoms with Crippen LogP contribution >= 0.6 is 0 Å². The maximum Gasteiger partial charge on any atom is 0.293 e. The van der Waals surface area contributed by atoms with E-state index in [0.717, 1.165) is 17.4 Å². The van der Waals surface area contributed by atoms with E-state index in [1.807, 2.05) is 31.2 Å². The van der Waals surface area contributed by atoms with E-state index >= 15 is 0 Å². The van der Waals surface area contributed by atoms with Gasteiger partial charge in [0.1, 0.15) is 12.4 Å². The van der Waals surface area contributed by atoms with Gasteiger partial charge in [0.15, 0.2) is 0 Å². The largest absolute Gasteiger partial charge is 0.459 e. The Labute approximate surface area is 82.7 Å². The normalized spacial score (nSPS) is 11.8. The van der Waals surface area contributed by atoms with Gasteiger partial charge in [-0.1, -0.05) is 24.3 Å². The van der Waals surface area contributed by atoms with E-state index in [0.29, 0.717) is 6.47 Å². The Balaban J connectivity index is 2.91. The first-order chi connectivity index (χ1) is 6.79. The van der Waals surface area contributed by atoms with Gasteiger partial charge in [0.05, 0.1) is 0 Å². The van der Waals surface area contributed by atoms with Gasteiger partial charge in [0.25, 0.3) is 6.47 Å². The van der Waals surface area contributed by atoms with Crippen molar-refractivity contribution >= 4 is 12.8 Å². The van der Waals surface area contributed by atoms with Gasteiger partial charge in [-0.2, -0.15) is 0 Å². The highest BCUT2D eigenvalue weighted by Crippen LogP contribution is 2.22. The summed E-state index contributed by atoms with van der Waals surface area (Å²) in [5.74, 6) is 0. The molecule has 0 fully saturated rings. The van der Waals surface area contributed by atoms with E-state index in [9.17, 15) is 9.59 Å². The molecule has 0 radical (unpaired) electrons. The van der Waals surface area contributed by atoms with Gasteiger partial charge in [-0.3, -0.25) is 4.79 Å². The Morgan fingerprint density at radius 2 is 2.07 bits per heavy atom. The van der Waals surface area contributed by atoms with Gasteiger partial charge in [0.2, 0.25) is 0 Å². The number of ether oxygens (including phenoxy) is 1. The molecule has 0 heterocycles. The molecule has 0 N–H and O–H groups in total. The summed E-state index contributed by atoms with van der Waals surface area (Å²) in [4.78, 5) is 20.6. The Kier molecular flexibility index (Phi) is 3.85. The zero-order valence-corrected chi connectivity index (χ0v) is 7.97. The third-order valence-electron chi connectivity index (χ3n) is 2.07. The zero-order valence-electron chi connectivity index (χ0n) is 7.97. The fraction of sp³-hybridized carbons (Fsp3) is 0.273. The molecule has 0 spiro atoms. The van der Waals surface area contributed by atoms with Crippen LogP contribution in [0.4, 0.5) is 0 Å². The van der Waals surface area contributed by atoms with Crippen LogP contribution in [0.1, 0.15) is 23.7 Å². The molecule has 3 nitrogen and oxygen atoms in total. The van der Waals surface area contributed by atoms with Gasteiger partial charge in [-0.05, 0) is 18.1 Å². The lowest BCUT2D eigenvalue weighted by atomic mass is 10.0. The fourth-order valence-electron chi connectivity index (χ4n) is 1.36. The molecule has 0 aromatic heterocycles. The van der Waals surface area contributed by atoms with Crippen molar-refractivity contribution in [3.05, 3.63) is 35.4 Å². The predicted octanol–water partition coefficient (Wildman–Crippen LogP) is 1.80. The SMILES string of the molecule is Cc1ccccc1C(CC=O)OC=O. The summed E-state index contributed by atoms with van der Waals surface area (Å²) in [6, 6.07) is 7.53. The van der Waals surface area contributed by atoms with Gasteiger partial charge >= 0.3 is 0 Å². The number of hydrogen-bond donors (Lipinski definition) is 0. The second kappa shape index (κ2) is 5.17. The second-order valence-electron chi connectivity index (χ2n) is 2.98. The molecule has 14 heavy (non-hydrogen) atoms. The van der Waals surface area contributed by atoms with Gasteiger partial charge in [-0.25, -0.2) is 0 Å². The van der Waals surface area contributed by atoms with Crippen LogP contribution < -0.4 is 0 Å². The van der Waals surface area contributed by atoms with Crippen LogP contribution in [0.3, 0.4) is 0 Å². The number of hydrogen-bond acceptors (Lipinski definition) is 3. The summed E-state index contributed by atoms with van der Waals surface area (Å²) in [6.07, 6.45) is 0.496. The highest BCUT2D eigenvalue weighted by Gasteiger charge is 2.13. The Hall–Kier alpha value is -1.64. The van der Waals surface area contributed by atoms with Crippen LogP contribution in [-0.2, 0) is 14.3 Å². The number of benzene rings is 1. The van der Waals surface area contributed by atoms with Crippen LogP contribution in [0.25, 0.3) is 0 Å². The molecule has 0 amide bonds. The monoisotopic (exact) mass is 192 g/mol. The number of rotatable bonds is 5. The lowest BCUT2D eigenvalue weighted by molar-refractivity contribution is -0.134. The minimum Gasteiger partial charge on any atom is -0.459 e. The molecule has 0 aliphatic rings. The van der Waals surface area contributed by atoms with Crippen molar-refractivity contribution in [2.75, 3.05) is 0 Å². The Bertz CT molecular complexity index is 310. The maximum atomic E-state index is 10.4. The first-order valence-corrected chi connectivity index (χ1v) is 4.38. The first kappa shape index (κ1) is 10.4. The van der Waals surface area contributed by atoms with Gasteiger partial charge in [-0.15, -0.1) is 0 Å². The number of aryl methyl sites for hydroxylation is 1. The van der Waals surface area contributed by atoms with Crippen molar-refractivity contribution in [3.8, 4) is 0 Å². The lowest BCUT2D eigenvalue weighted by Crippen LogP contribution is -2.05. The number of carbonyl (C=O) groups is 2. The molecule has 0 saturated carbocycles. The van der Waals surface area contributed by atoms with Crippen molar-refractivity contribution in [3.63, 3.8) is 0 Å². The van der Waals surface area contributed by atoms with Crippen LogP contribution in [0.15, 0.2) is 24.3 Å². The minimum atomic E-state index is -0.453. The highest BCUT2D eigenvalue weighted by atomic mass is 16.5. The summed E-state index contributed by atoms with van der Waals surface area (Å²) >= 11 is 0. The molecular weight excluding hydrogens is 180 g/mol. The van der Waals surface area contributed by atoms with Crippen LogP contribution in [-0.4, -0.2) is 12.8 Å². The van der Waals surface area contributed by atoms with E-state index in [1.165, 1.54) is 0 Å². The van der Waals surface area contributed by atoms with Crippen molar-refractivity contribution in [2.24, 2.45) is 0 Å². The van der Waals surface area contributed by atoms with Crippen molar-refractivity contribution < 1.29 is 14.3 Å². The van der Waals surface area contributed by atoms with E-state index in [1.54, 1.807) is 0 Å². The first-order valence-electron chi connectivity index (χ1n) is 4.38. The van der Waals surface area contributed by atoms with E-state index in [-0.39, 0.29) is 6.42 Å². The average Bonchev–Trinajstić information content (AvgIpc) is 2.18. The Morgan fingerprint density at radius 1 is 1.36 bits per heavy atom. The molecular formula is C11H12O3. The molecule has 1 aromatic carbocycles. The standard InChI is InChI=1S/C11H12O3/c1-9-4-2-3-5-10(9)11(6-7-12)14-8-13/h2-5,7-8,11H,6H2,1H3. The van der Waals surface area contributed by atoms with Crippen LogP contribution in [0, 0.1) is 6.92 Å². The van der Waals surface area contributed by atoms with Crippen molar-refractivity contribution in [1.29, 1.82) is 0 Å². The fourth-order valence-corrected chi connectivity index (χ4v) is 1.36. The zero-order chi connectivity index (χ0) is 10.4. The topological polar surface area (TPSA) is 43.4 Å². The number of carbonyl (C=O) groups excluding carboxylic acids is 2. The maximum absolute atomic E-state index is 10.4. The molecule has 1 rings (SSSR count). The average molecular weight is 192 g/mol. The summed E-state index contributed by atoms with van der Waals surface area (Å²) in [5, 5.41) is 0. The molecule has 1 aromatic rings. The smallest absolute Gasteiger partial charge is 0.293 e. The summed E-state index contributed by atoms with van der Waals surface area (Å²) in [6.45, 7) is 2.29. The van der Waals surface area contributed by atoms with E-state index in [4.69, 9.17) is 4.74 Å². The third kappa shape index (κ3) is 2.42. The molecule has 0 aliphatic heterocycles. The van der Waals surface area contributed by atoms with E-state index < -0.39 is 6.10 Å². The van der Waals surface area contributed by atoms with Crippen LogP contribution in [0.2, 0.25) is 0 Å². The molecule has 1 atom stereocenters.